The van der Waals surface area contributed by atoms with Crippen LogP contribution in [0.3, 0.4) is 0 Å². The van der Waals surface area contributed by atoms with Gasteiger partial charge in [0.25, 0.3) is 0 Å². The smallest absolute Gasteiger partial charge is 0.0894 e. The third-order valence-electron chi connectivity index (χ3n) is 0.963. The van der Waals surface area contributed by atoms with E-state index in [0.29, 0.717) is 5.76 Å². The summed E-state index contributed by atoms with van der Waals surface area (Å²) in [6, 6.07) is 0. The predicted molar refractivity (Wildman–Crippen MR) is 40.4 cm³/mol. The van der Waals surface area contributed by atoms with E-state index < -0.39 is 0 Å². The van der Waals surface area contributed by atoms with Crippen molar-refractivity contribution in [3.05, 3.63) is 23.5 Å². The normalized spacial score (nSPS) is 14.1. The minimum atomic E-state index is 0.372. The highest BCUT2D eigenvalue weighted by Gasteiger charge is 1.81. The molecule has 0 spiro atoms. The Bertz CT molecular complexity index is 128. The lowest BCUT2D eigenvalue weighted by atomic mass is 10.2. The van der Waals surface area contributed by atoms with Gasteiger partial charge in [0.15, 0.2) is 0 Å². The first-order chi connectivity index (χ1) is 4.16. The van der Waals surface area contributed by atoms with Crippen LogP contribution in [-0.2, 0) is 0 Å². The van der Waals surface area contributed by atoms with Crippen LogP contribution in [-0.4, -0.2) is 5.11 Å². The van der Waals surface area contributed by atoms with Crippen molar-refractivity contribution in [2.75, 3.05) is 0 Å². The van der Waals surface area contributed by atoms with E-state index in [1.165, 1.54) is 0 Å². The second-order valence-corrected chi connectivity index (χ2v) is 2.14. The summed E-state index contributed by atoms with van der Waals surface area (Å²) >= 11 is 0. The van der Waals surface area contributed by atoms with Gasteiger partial charge in [-0.3, -0.25) is 0 Å². The van der Waals surface area contributed by atoms with Crippen LogP contribution in [0.1, 0.15) is 27.2 Å². The maximum Gasteiger partial charge on any atom is 0.0894 e. The van der Waals surface area contributed by atoms with E-state index in [1.807, 2.05) is 6.92 Å². The molecule has 1 N–H and O–H groups in total. The van der Waals surface area contributed by atoms with E-state index in [0.717, 1.165) is 12.0 Å². The largest absolute Gasteiger partial charge is 0.513 e. The Morgan fingerprint density at radius 3 is 2.33 bits per heavy atom. The molecule has 52 valence electrons. The van der Waals surface area contributed by atoms with Crippen LogP contribution in [0.2, 0.25) is 0 Å². The lowest BCUT2D eigenvalue weighted by Gasteiger charge is -1.90. The van der Waals surface area contributed by atoms with E-state index in [1.54, 1.807) is 13.0 Å². The summed E-state index contributed by atoms with van der Waals surface area (Å²) in [7, 11) is 0. The SMILES string of the molecule is CC/C=C(C)\C=C(\C)O. The molecule has 0 amide bonds. The Morgan fingerprint density at radius 1 is 1.44 bits per heavy atom. The fraction of sp³-hybridized carbons (Fsp3) is 0.500. The first kappa shape index (κ1) is 8.28. The molecule has 0 rings (SSSR count). The van der Waals surface area contributed by atoms with Crippen LogP contribution < -0.4 is 0 Å². The zero-order valence-corrected chi connectivity index (χ0v) is 6.31. The van der Waals surface area contributed by atoms with Gasteiger partial charge in [0.1, 0.15) is 0 Å². The van der Waals surface area contributed by atoms with Gasteiger partial charge in [-0.2, -0.15) is 0 Å². The molecule has 0 atom stereocenters. The molecule has 0 aliphatic rings. The van der Waals surface area contributed by atoms with Gasteiger partial charge in [-0.05, 0) is 26.3 Å². The fourth-order valence-corrected chi connectivity index (χ4v) is 0.710. The average molecular weight is 126 g/mol. The molecule has 1 heteroatoms. The maximum atomic E-state index is 8.77. The van der Waals surface area contributed by atoms with Crippen molar-refractivity contribution in [2.45, 2.75) is 27.2 Å². The van der Waals surface area contributed by atoms with Crippen molar-refractivity contribution in [1.82, 2.24) is 0 Å². The highest BCUT2D eigenvalue weighted by Crippen LogP contribution is 1.99. The van der Waals surface area contributed by atoms with Crippen molar-refractivity contribution < 1.29 is 5.11 Å². The molecule has 0 unspecified atom stereocenters. The van der Waals surface area contributed by atoms with Gasteiger partial charge in [-0.25, -0.2) is 0 Å². The third kappa shape index (κ3) is 5.15. The van der Waals surface area contributed by atoms with Crippen molar-refractivity contribution in [2.24, 2.45) is 0 Å². The van der Waals surface area contributed by atoms with Crippen molar-refractivity contribution >= 4 is 0 Å². The molecule has 0 aromatic carbocycles. The second-order valence-electron chi connectivity index (χ2n) is 2.14. The van der Waals surface area contributed by atoms with Gasteiger partial charge in [0.05, 0.1) is 5.76 Å². The van der Waals surface area contributed by atoms with Gasteiger partial charge < -0.3 is 5.11 Å². The average Bonchev–Trinajstić information content (AvgIpc) is 1.63. The molecule has 0 saturated carbocycles. The fourth-order valence-electron chi connectivity index (χ4n) is 0.710. The summed E-state index contributed by atoms with van der Waals surface area (Å²) in [4.78, 5) is 0. The van der Waals surface area contributed by atoms with E-state index in [-0.39, 0.29) is 0 Å². The molecule has 0 bridgehead atoms. The van der Waals surface area contributed by atoms with Crippen LogP contribution in [0.5, 0.6) is 0 Å². The highest BCUT2D eigenvalue weighted by atomic mass is 16.3. The van der Waals surface area contributed by atoms with Gasteiger partial charge in [0.2, 0.25) is 0 Å². The summed E-state index contributed by atoms with van der Waals surface area (Å²) in [5.74, 6) is 0.372. The first-order valence-electron chi connectivity index (χ1n) is 3.20. The Morgan fingerprint density at radius 2 is 2.00 bits per heavy atom. The Kier molecular flexibility index (Phi) is 3.85. The molecule has 0 radical (unpaired) electrons. The van der Waals surface area contributed by atoms with Crippen molar-refractivity contribution in [1.29, 1.82) is 0 Å². The predicted octanol–water partition coefficient (Wildman–Crippen LogP) is 2.80. The van der Waals surface area contributed by atoms with E-state index in [4.69, 9.17) is 5.11 Å². The van der Waals surface area contributed by atoms with Crippen LogP contribution in [0, 0.1) is 0 Å². The van der Waals surface area contributed by atoms with Gasteiger partial charge in [-0.1, -0.05) is 18.6 Å². The van der Waals surface area contributed by atoms with Crippen molar-refractivity contribution in [3.8, 4) is 0 Å². The Balaban J connectivity index is 3.90. The Labute approximate surface area is 56.7 Å². The summed E-state index contributed by atoms with van der Waals surface area (Å²) in [6.07, 6.45) is 4.85. The molecule has 0 saturated heterocycles. The summed E-state index contributed by atoms with van der Waals surface area (Å²) in [5.41, 5.74) is 1.12. The van der Waals surface area contributed by atoms with E-state index in [2.05, 4.69) is 13.0 Å². The topological polar surface area (TPSA) is 20.2 Å². The van der Waals surface area contributed by atoms with Crippen LogP contribution in [0.25, 0.3) is 0 Å². The third-order valence-corrected chi connectivity index (χ3v) is 0.963. The lowest BCUT2D eigenvalue weighted by Crippen LogP contribution is -1.72. The van der Waals surface area contributed by atoms with Crippen LogP contribution >= 0.6 is 0 Å². The molecule has 0 aromatic rings. The number of rotatable bonds is 2. The molecule has 1 nitrogen and oxygen atoms in total. The summed E-state index contributed by atoms with van der Waals surface area (Å²) in [6.45, 7) is 5.72. The zero-order chi connectivity index (χ0) is 7.28. The summed E-state index contributed by atoms with van der Waals surface area (Å²) < 4.78 is 0. The number of hydrogen-bond donors (Lipinski definition) is 1. The number of aliphatic hydroxyl groups excluding tert-OH is 1. The zero-order valence-electron chi connectivity index (χ0n) is 6.31. The van der Waals surface area contributed by atoms with E-state index in [9.17, 15) is 0 Å². The van der Waals surface area contributed by atoms with Gasteiger partial charge in [0, 0.05) is 0 Å². The Hall–Kier alpha value is -0.720. The molecule has 9 heavy (non-hydrogen) atoms. The van der Waals surface area contributed by atoms with Crippen LogP contribution in [0.15, 0.2) is 23.5 Å². The highest BCUT2D eigenvalue weighted by molar-refractivity contribution is 5.16. The molecule has 0 aliphatic heterocycles. The lowest BCUT2D eigenvalue weighted by molar-refractivity contribution is 0.414. The number of aliphatic hydroxyl groups is 1. The molecule has 0 heterocycles. The van der Waals surface area contributed by atoms with Crippen molar-refractivity contribution in [3.63, 3.8) is 0 Å². The van der Waals surface area contributed by atoms with Gasteiger partial charge >= 0.3 is 0 Å². The standard InChI is InChI=1S/C8H14O/c1-4-5-7(2)6-8(3)9/h5-6,9H,4H2,1-3H3/b7-5-,8-6-. The number of allylic oxidation sites excluding steroid dienone is 4. The minimum Gasteiger partial charge on any atom is -0.513 e. The molecular weight excluding hydrogens is 112 g/mol. The quantitative estimate of drug-likeness (QED) is 0.445. The summed E-state index contributed by atoms with van der Waals surface area (Å²) in [5, 5.41) is 8.77. The monoisotopic (exact) mass is 126 g/mol. The molecule has 0 aromatic heterocycles. The van der Waals surface area contributed by atoms with Gasteiger partial charge in [-0.15, -0.1) is 0 Å². The molecule has 0 fully saturated rings. The molecular formula is C8H14O. The minimum absolute atomic E-state index is 0.372. The molecule has 0 aliphatic carbocycles. The van der Waals surface area contributed by atoms with Crippen LogP contribution in [0.4, 0.5) is 0 Å². The number of hydrogen-bond acceptors (Lipinski definition) is 1. The second kappa shape index (κ2) is 4.19. The maximum absolute atomic E-state index is 8.77. The van der Waals surface area contributed by atoms with E-state index >= 15 is 0 Å². The first-order valence-corrected chi connectivity index (χ1v) is 3.20.